The molecule has 11 heteroatoms. The van der Waals surface area contributed by atoms with Crippen LogP contribution in [0, 0.1) is 67.1 Å². The van der Waals surface area contributed by atoms with Gasteiger partial charge in [-0.05, 0) is 86.5 Å². The first kappa shape index (κ1) is 53.5. The number of carbonyl (C=O) groups excluding carboxylic acids is 2. The molecule has 3 unspecified atom stereocenters. The molecule has 2 fully saturated rings. The first-order chi connectivity index (χ1) is 30.9. The monoisotopic (exact) mass is 917 g/mol. The minimum absolute atomic E-state index is 0. The van der Waals surface area contributed by atoms with E-state index in [1.807, 2.05) is 32.1 Å². The molecule has 0 spiro atoms. The number of methoxy groups -OCH3 is 1. The number of aliphatic hydroxyl groups is 2. The molecule has 2 aromatic rings. The minimum atomic E-state index is -1.08. The Bertz CT molecular complexity index is 2230. The summed E-state index contributed by atoms with van der Waals surface area (Å²) in [5.74, 6) is 0.717. The van der Waals surface area contributed by atoms with E-state index in [4.69, 9.17) is 30.1 Å². The molecule has 0 radical (unpaired) electrons. The summed E-state index contributed by atoms with van der Waals surface area (Å²) < 4.78 is 11.2. The average molecular weight is 918 g/mol. The maximum Gasteiger partial charge on any atom is 2.00 e. The van der Waals surface area contributed by atoms with Gasteiger partial charge < -0.3 is 40.3 Å². The molecule has 3 aliphatic heterocycles. The Labute approximate surface area is 412 Å². The molecule has 8 bridgehead atoms. The number of rotatable bonds is 21. The van der Waals surface area contributed by atoms with Crippen molar-refractivity contribution in [2.45, 2.75) is 172 Å². The summed E-state index contributed by atoms with van der Waals surface area (Å²) >= 11 is 0. The number of hydrogen-bond acceptors (Lipinski definition) is 6. The quantitative estimate of drug-likeness (QED) is 0.0928. The molecular weight excluding hydrogens is 837 g/mol. The fourth-order valence-corrected chi connectivity index (χ4v) is 11.2. The van der Waals surface area contributed by atoms with E-state index in [2.05, 4.69) is 55.4 Å². The van der Waals surface area contributed by atoms with Crippen LogP contribution in [0.1, 0.15) is 186 Å². The molecule has 0 aromatic carbocycles. The summed E-state index contributed by atoms with van der Waals surface area (Å²) in [5.41, 5.74) is 7.62. The number of esters is 2. The molecule has 10 atom stereocenters. The Morgan fingerprint density at radius 2 is 1.33 bits per heavy atom. The van der Waals surface area contributed by atoms with Crippen LogP contribution in [0.15, 0.2) is 17.1 Å². The van der Waals surface area contributed by atoms with Gasteiger partial charge in [-0.2, -0.15) is 17.1 Å². The number of aromatic nitrogens is 2. The van der Waals surface area contributed by atoms with Gasteiger partial charge in [0.15, 0.2) is 0 Å². The fourth-order valence-electron chi connectivity index (χ4n) is 11.2. The van der Waals surface area contributed by atoms with Crippen molar-refractivity contribution in [2.24, 2.45) is 53.3 Å². The molecule has 6 rings (SSSR count). The molecule has 66 heavy (non-hydrogen) atoms. The third kappa shape index (κ3) is 12.1. The third-order valence-corrected chi connectivity index (χ3v) is 15.4. The molecule has 0 saturated carbocycles. The van der Waals surface area contributed by atoms with Gasteiger partial charge in [-0.1, -0.05) is 161 Å². The summed E-state index contributed by atoms with van der Waals surface area (Å²) in [7, 11) is 1.33. The van der Waals surface area contributed by atoms with Crippen molar-refractivity contribution in [3.63, 3.8) is 0 Å². The van der Waals surface area contributed by atoms with E-state index < -0.39 is 24.0 Å². The van der Waals surface area contributed by atoms with Gasteiger partial charge in [0.2, 0.25) is 0 Å². The fraction of sp³-hybridized carbons (Fsp3) is 0.673. The number of fused-ring (bicyclic) bond motifs is 8. The smallest absolute Gasteiger partial charge is 0.681 e. The van der Waals surface area contributed by atoms with Crippen molar-refractivity contribution in [3.05, 3.63) is 72.1 Å². The van der Waals surface area contributed by atoms with Crippen LogP contribution in [0.4, 0.5) is 0 Å². The topological polar surface area (TPSA) is 149 Å². The maximum atomic E-state index is 13.7. The normalized spacial score (nSPS) is 26.2. The van der Waals surface area contributed by atoms with E-state index in [0.29, 0.717) is 52.2 Å². The van der Waals surface area contributed by atoms with E-state index in [0.717, 1.165) is 70.8 Å². The number of aliphatic hydroxyl groups excluding tert-OH is 2. The van der Waals surface area contributed by atoms with Crippen LogP contribution in [-0.4, -0.2) is 65.0 Å². The van der Waals surface area contributed by atoms with Crippen LogP contribution < -0.4 is 20.5 Å². The van der Waals surface area contributed by atoms with Crippen molar-refractivity contribution < 1.29 is 29.3 Å². The Hall–Kier alpha value is -3.41. The summed E-state index contributed by atoms with van der Waals surface area (Å²) in [6, 6.07) is -0.586. The van der Waals surface area contributed by atoms with Gasteiger partial charge in [-0.3, -0.25) is 9.59 Å². The van der Waals surface area contributed by atoms with Gasteiger partial charge in [0.1, 0.15) is 11.7 Å². The zero-order valence-corrected chi connectivity index (χ0v) is 43.9. The molecule has 5 heterocycles. The van der Waals surface area contributed by atoms with Crippen molar-refractivity contribution in [1.29, 1.82) is 0 Å². The van der Waals surface area contributed by atoms with Crippen LogP contribution in [0.25, 0.3) is 40.2 Å². The van der Waals surface area contributed by atoms with Gasteiger partial charge in [0, 0.05) is 11.6 Å². The standard InChI is InChI=1S/C55H80N4O6.Mg/c1-13-39-34(7)41-29-46-48(38(11)60)36(9)43(57-46)27-42-35(8)40(52(58-42)50-51(55(63)64-12)54(62)49-37(10)44(59-53(49)50)28-45(39)56-41)23-24-47(61)65-26-25-33(6)22-16-21-32(5)20-15-19-31(4)18-14-17-30(2)3;/h27-35,38-40,51-52,60,62H,13-26H2,1-12H3;/q-4;+2/b41-29-,42-27-,45-28-;/t31-,32-,33?,34-,35+,38?,39+,40+,51-,52?;/m1./s1. The number of allylic oxidation sites excluding steroid dienone is 3. The molecular formula is C55H80MgN4O6-2. The summed E-state index contributed by atoms with van der Waals surface area (Å²) in [6.07, 6.45) is 19.2. The second-order valence-electron chi connectivity index (χ2n) is 20.9. The van der Waals surface area contributed by atoms with Crippen LogP contribution in [-0.2, 0) is 19.1 Å². The number of carbonyl (C=O) groups is 2. The zero-order chi connectivity index (χ0) is 47.3. The van der Waals surface area contributed by atoms with E-state index in [1.54, 1.807) is 6.92 Å². The molecule has 2 N–H and O–H groups in total. The maximum absolute atomic E-state index is 13.7. The van der Waals surface area contributed by atoms with Gasteiger partial charge in [0.25, 0.3) is 0 Å². The molecule has 1 aliphatic carbocycles. The minimum Gasteiger partial charge on any atom is -0.681 e. The third-order valence-electron chi connectivity index (χ3n) is 15.4. The van der Waals surface area contributed by atoms with E-state index in [1.165, 1.54) is 58.5 Å². The molecule has 4 aliphatic rings. The first-order valence-corrected chi connectivity index (χ1v) is 25.2. The largest absolute Gasteiger partial charge is 2.00 e. The Morgan fingerprint density at radius 1 is 0.758 bits per heavy atom. The van der Waals surface area contributed by atoms with Crippen molar-refractivity contribution >= 4 is 64.6 Å². The summed E-state index contributed by atoms with van der Waals surface area (Å²) in [6.45, 7) is 24.2. The van der Waals surface area contributed by atoms with Crippen LogP contribution in [0.3, 0.4) is 0 Å². The molecule has 10 nitrogen and oxygen atoms in total. The van der Waals surface area contributed by atoms with Gasteiger partial charge in [-0.25, -0.2) is 0 Å². The second kappa shape index (κ2) is 23.7. The SMILES string of the molecule is CC[C@@H]1/C2=C/c3[n-]c4c(c3C)=C(O)[C@H](C(=O)OC)C=4C3[N-]/C(=C\c4[n-]c(c(C(C)O)c4C)/C=C(\[N-]2)[C@@H]1C)[C@@H](C)[C@@H]3CCC(=O)OCCC(C)CCC[C@H](C)CCC[C@H](C)CCCC(C)C.[Mg+2]. The van der Waals surface area contributed by atoms with Crippen molar-refractivity contribution in [3.8, 4) is 0 Å². The van der Waals surface area contributed by atoms with E-state index >= 15 is 0 Å². The Morgan fingerprint density at radius 3 is 1.92 bits per heavy atom. The predicted octanol–water partition coefficient (Wildman–Crippen LogP) is 11.1. The van der Waals surface area contributed by atoms with Gasteiger partial charge in [0.05, 0.1) is 19.8 Å². The van der Waals surface area contributed by atoms with E-state index in [-0.39, 0.29) is 64.9 Å². The van der Waals surface area contributed by atoms with Crippen LogP contribution in [0.2, 0.25) is 0 Å². The molecule has 360 valence electrons. The van der Waals surface area contributed by atoms with Crippen LogP contribution in [0.5, 0.6) is 0 Å². The summed E-state index contributed by atoms with van der Waals surface area (Å²) in [4.78, 5) is 37.4. The number of nitrogens with zero attached hydrogens (tertiary/aromatic N) is 4. The first-order valence-electron chi connectivity index (χ1n) is 25.2. The zero-order valence-electron chi connectivity index (χ0n) is 42.5. The van der Waals surface area contributed by atoms with Crippen molar-refractivity contribution in [2.75, 3.05) is 13.7 Å². The Balaban J connectivity index is 0.00000817. The molecule has 2 aromatic heterocycles. The van der Waals surface area contributed by atoms with Gasteiger partial charge >= 0.3 is 35.0 Å². The number of ether oxygens (including phenoxy) is 2. The van der Waals surface area contributed by atoms with Crippen LogP contribution >= 0.6 is 0 Å². The summed E-state index contributed by atoms with van der Waals surface area (Å²) in [5, 5.41) is 34.6. The van der Waals surface area contributed by atoms with Gasteiger partial charge in [-0.15, -0.1) is 22.4 Å². The van der Waals surface area contributed by atoms with E-state index in [9.17, 15) is 19.8 Å². The molecule has 2 saturated heterocycles. The Kier molecular flexibility index (Phi) is 19.3. The molecule has 0 amide bonds. The average Bonchev–Trinajstić information content (AvgIpc) is 4.00. The van der Waals surface area contributed by atoms with Crippen molar-refractivity contribution in [1.82, 2.24) is 9.97 Å². The second-order valence-corrected chi connectivity index (χ2v) is 20.9. The number of hydrogen-bond donors (Lipinski definition) is 2. The predicted molar refractivity (Wildman–Crippen MR) is 268 cm³/mol.